The maximum Gasteiger partial charge on any atom is 0.326 e. The molecule has 0 atom stereocenters. The number of benzene rings is 2. The van der Waals surface area contributed by atoms with Crippen LogP contribution in [0.5, 0.6) is 5.75 Å². The van der Waals surface area contributed by atoms with Gasteiger partial charge in [0.25, 0.3) is 5.91 Å². The van der Waals surface area contributed by atoms with E-state index in [9.17, 15) is 14.4 Å². The van der Waals surface area contributed by atoms with E-state index in [-0.39, 0.29) is 24.5 Å². The minimum Gasteiger partial charge on any atom is -0.483 e. The van der Waals surface area contributed by atoms with Crippen LogP contribution in [0.1, 0.15) is 12.0 Å². The maximum atomic E-state index is 12.2. The van der Waals surface area contributed by atoms with Crippen molar-refractivity contribution in [3.63, 3.8) is 0 Å². The Labute approximate surface area is 157 Å². The summed E-state index contributed by atoms with van der Waals surface area (Å²) in [5.41, 5.74) is 1.48. The predicted molar refractivity (Wildman–Crippen MR) is 100 cm³/mol. The Morgan fingerprint density at radius 2 is 1.78 bits per heavy atom. The number of para-hydroxylation sites is 2. The van der Waals surface area contributed by atoms with Crippen LogP contribution in [0, 0.1) is 0 Å². The monoisotopic (exact) mass is 367 g/mol. The Morgan fingerprint density at radius 3 is 2.56 bits per heavy atom. The quantitative estimate of drug-likeness (QED) is 0.851. The number of hydrogen-bond acceptors (Lipinski definition) is 4. The molecule has 7 nitrogen and oxygen atoms in total. The highest BCUT2D eigenvalue weighted by Gasteiger charge is 2.29. The number of hydrogen-bond donors (Lipinski definition) is 1. The van der Waals surface area contributed by atoms with Crippen molar-refractivity contribution in [3.05, 3.63) is 60.2 Å². The summed E-state index contributed by atoms with van der Waals surface area (Å²) in [6.45, 7) is 0.538. The lowest BCUT2D eigenvalue weighted by Crippen LogP contribution is -2.49. The highest BCUT2D eigenvalue weighted by molar-refractivity contribution is 5.96. The van der Waals surface area contributed by atoms with Crippen molar-refractivity contribution in [2.24, 2.45) is 0 Å². The van der Waals surface area contributed by atoms with E-state index in [0.717, 1.165) is 10.5 Å². The molecular formula is C20H21N3O4. The van der Waals surface area contributed by atoms with Crippen LogP contribution >= 0.6 is 0 Å². The molecular weight excluding hydrogens is 346 g/mol. The fourth-order valence-corrected chi connectivity index (χ4v) is 2.80. The zero-order valence-electron chi connectivity index (χ0n) is 15.1. The molecule has 1 aliphatic heterocycles. The van der Waals surface area contributed by atoms with Gasteiger partial charge >= 0.3 is 6.03 Å². The molecule has 0 saturated carbocycles. The van der Waals surface area contributed by atoms with Crippen LogP contribution in [0.15, 0.2) is 54.6 Å². The van der Waals surface area contributed by atoms with Gasteiger partial charge in [-0.15, -0.1) is 0 Å². The van der Waals surface area contributed by atoms with Crippen LogP contribution in [0.25, 0.3) is 0 Å². The summed E-state index contributed by atoms with van der Waals surface area (Å²) in [4.78, 5) is 38.6. The van der Waals surface area contributed by atoms with E-state index in [1.165, 1.54) is 7.05 Å². The number of rotatable bonds is 6. The van der Waals surface area contributed by atoms with E-state index < -0.39 is 0 Å². The Bertz CT molecular complexity index is 838. The number of nitrogens with zero attached hydrogens (tertiary/aromatic N) is 2. The normalized spacial score (nSPS) is 14.3. The number of anilines is 1. The molecule has 1 saturated heterocycles. The van der Waals surface area contributed by atoms with Crippen molar-refractivity contribution < 1.29 is 19.1 Å². The molecule has 0 unspecified atom stereocenters. The summed E-state index contributed by atoms with van der Waals surface area (Å²) in [5, 5.41) is 2.76. The third-order valence-electron chi connectivity index (χ3n) is 4.28. The molecule has 1 fully saturated rings. The van der Waals surface area contributed by atoms with Crippen LogP contribution in [0.2, 0.25) is 0 Å². The van der Waals surface area contributed by atoms with Crippen LogP contribution < -0.4 is 10.1 Å². The summed E-state index contributed by atoms with van der Waals surface area (Å²) in [5.74, 6) is 0.0850. The summed E-state index contributed by atoms with van der Waals surface area (Å²) in [6.07, 6.45) is 0.296. The molecule has 0 radical (unpaired) electrons. The zero-order valence-corrected chi connectivity index (χ0v) is 15.1. The molecule has 0 bridgehead atoms. The SMILES string of the molecule is CN1C(=O)CCN(Cc2ccccc2OCC(=O)Nc2ccccc2)C1=O. The Morgan fingerprint density at radius 1 is 1.07 bits per heavy atom. The molecule has 0 aliphatic carbocycles. The minimum absolute atomic E-state index is 0.141. The largest absolute Gasteiger partial charge is 0.483 e. The van der Waals surface area contributed by atoms with Gasteiger partial charge in [-0.2, -0.15) is 0 Å². The smallest absolute Gasteiger partial charge is 0.326 e. The Balaban J connectivity index is 1.61. The van der Waals surface area contributed by atoms with Crippen molar-refractivity contribution in [3.8, 4) is 5.75 Å². The first kappa shape index (κ1) is 18.4. The fraction of sp³-hybridized carbons (Fsp3) is 0.250. The number of nitrogens with one attached hydrogen (secondary N) is 1. The van der Waals surface area contributed by atoms with E-state index in [2.05, 4.69) is 5.32 Å². The molecule has 140 valence electrons. The van der Waals surface area contributed by atoms with E-state index in [4.69, 9.17) is 4.74 Å². The zero-order chi connectivity index (χ0) is 19.2. The first-order chi connectivity index (χ1) is 13.0. The average Bonchev–Trinajstić information content (AvgIpc) is 2.68. The standard InChI is InChI=1S/C20H21N3O4/c1-22-19(25)11-12-23(20(22)26)13-15-7-5-6-10-17(15)27-14-18(24)21-16-8-3-2-4-9-16/h2-10H,11-14H2,1H3,(H,21,24). The summed E-state index contributed by atoms with van der Waals surface area (Å²) < 4.78 is 5.67. The van der Waals surface area contributed by atoms with Crippen LogP contribution in [-0.4, -0.2) is 47.8 Å². The van der Waals surface area contributed by atoms with Gasteiger partial charge in [0, 0.05) is 31.3 Å². The van der Waals surface area contributed by atoms with E-state index in [1.54, 1.807) is 23.1 Å². The van der Waals surface area contributed by atoms with Gasteiger partial charge in [0.05, 0.1) is 6.54 Å². The van der Waals surface area contributed by atoms with Crippen LogP contribution in [-0.2, 0) is 16.1 Å². The lowest BCUT2D eigenvalue weighted by Gasteiger charge is -2.32. The molecule has 2 aromatic carbocycles. The highest BCUT2D eigenvalue weighted by Crippen LogP contribution is 2.22. The highest BCUT2D eigenvalue weighted by atomic mass is 16.5. The molecule has 0 aromatic heterocycles. The number of amides is 4. The number of carbonyl (C=O) groups excluding carboxylic acids is 3. The molecule has 1 heterocycles. The van der Waals surface area contributed by atoms with Gasteiger partial charge in [0.2, 0.25) is 5.91 Å². The first-order valence-electron chi connectivity index (χ1n) is 8.65. The van der Waals surface area contributed by atoms with Crippen molar-refractivity contribution in [1.82, 2.24) is 9.80 Å². The number of imide groups is 1. The second-order valence-electron chi connectivity index (χ2n) is 6.22. The molecule has 1 N–H and O–H groups in total. The van der Waals surface area contributed by atoms with E-state index in [0.29, 0.717) is 30.9 Å². The van der Waals surface area contributed by atoms with Gasteiger partial charge in [0.15, 0.2) is 6.61 Å². The van der Waals surface area contributed by atoms with Gasteiger partial charge in [-0.25, -0.2) is 4.79 Å². The third-order valence-corrected chi connectivity index (χ3v) is 4.28. The van der Waals surface area contributed by atoms with Gasteiger partial charge < -0.3 is 15.0 Å². The van der Waals surface area contributed by atoms with Gasteiger partial charge in [-0.1, -0.05) is 36.4 Å². The van der Waals surface area contributed by atoms with Crippen molar-refractivity contribution >= 4 is 23.5 Å². The van der Waals surface area contributed by atoms with Gasteiger partial charge in [0.1, 0.15) is 5.75 Å². The topological polar surface area (TPSA) is 79.0 Å². The van der Waals surface area contributed by atoms with E-state index >= 15 is 0 Å². The molecule has 2 aromatic rings. The Hall–Kier alpha value is -3.35. The van der Waals surface area contributed by atoms with Gasteiger partial charge in [-0.3, -0.25) is 14.5 Å². The van der Waals surface area contributed by atoms with Crippen LogP contribution in [0.4, 0.5) is 10.5 Å². The van der Waals surface area contributed by atoms with Crippen LogP contribution in [0.3, 0.4) is 0 Å². The van der Waals surface area contributed by atoms with Gasteiger partial charge in [-0.05, 0) is 18.2 Å². The second kappa shape index (κ2) is 8.35. The summed E-state index contributed by atoms with van der Waals surface area (Å²) in [6, 6.07) is 16.1. The number of carbonyl (C=O) groups is 3. The summed E-state index contributed by atoms with van der Waals surface area (Å²) in [7, 11) is 1.48. The molecule has 1 aliphatic rings. The predicted octanol–water partition coefficient (Wildman–Crippen LogP) is 2.49. The molecule has 7 heteroatoms. The molecule has 4 amide bonds. The third kappa shape index (κ3) is 4.63. The first-order valence-corrected chi connectivity index (χ1v) is 8.65. The minimum atomic E-state index is -0.331. The molecule has 0 spiro atoms. The summed E-state index contributed by atoms with van der Waals surface area (Å²) >= 11 is 0. The second-order valence-corrected chi connectivity index (χ2v) is 6.22. The van der Waals surface area contributed by atoms with Crippen molar-refractivity contribution in [2.75, 3.05) is 25.5 Å². The van der Waals surface area contributed by atoms with E-state index in [1.807, 2.05) is 36.4 Å². The number of ether oxygens (including phenoxy) is 1. The average molecular weight is 367 g/mol. The maximum absolute atomic E-state index is 12.2. The Kier molecular flexibility index (Phi) is 5.71. The van der Waals surface area contributed by atoms with Crippen molar-refractivity contribution in [2.45, 2.75) is 13.0 Å². The molecule has 3 rings (SSSR count). The lowest BCUT2D eigenvalue weighted by molar-refractivity contribution is -0.129. The number of urea groups is 1. The van der Waals surface area contributed by atoms with Crippen molar-refractivity contribution in [1.29, 1.82) is 0 Å². The fourth-order valence-electron chi connectivity index (χ4n) is 2.80. The lowest BCUT2D eigenvalue weighted by atomic mass is 10.1. The molecule has 27 heavy (non-hydrogen) atoms.